The Bertz CT molecular complexity index is 1300. The average molecular weight is 492 g/mol. The SMILES string of the molecule is COc1ccc(C=Cc2cc(OC)c(OC)c(OC)c2)c(NS(=O)(=O)c2cccc(F)c2)c1F. The molecule has 3 rings (SSSR count). The number of methoxy groups -OCH3 is 4. The third-order valence-corrected chi connectivity index (χ3v) is 6.19. The van der Waals surface area contributed by atoms with Gasteiger partial charge in [-0.2, -0.15) is 0 Å². The van der Waals surface area contributed by atoms with Crippen molar-refractivity contribution in [2.24, 2.45) is 0 Å². The van der Waals surface area contributed by atoms with Crippen LogP contribution in [0, 0.1) is 11.6 Å². The summed E-state index contributed by atoms with van der Waals surface area (Å²) in [5.74, 6) is -0.599. The Kier molecular flexibility index (Phi) is 7.62. The molecular formula is C24H23F2NO6S. The van der Waals surface area contributed by atoms with E-state index >= 15 is 4.39 Å². The van der Waals surface area contributed by atoms with Gasteiger partial charge >= 0.3 is 0 Å². The second kappa shape index (κ2) is 10.4. The van der Waals surface area contributed by atoms with E-state index in [1.165, 1.54) is 58.8 Å². The molecule has 3 aromatic carbocycles. The number of ether oxygens (including phenoxy) is 4. The van der Waals surface area contributed by atoms with Gasteiger partial charge in [-0.25, -0.2) is 17.2 Å². The summed E-state index contributed by atoms with van der Waals surface area (Å²) in [6.07, 6.45) is 3.12. The standard InChI is InChI=1S/C24H23F2NO6S/c1-30-19-11-10-16(9-8-15-12-20(31-2)24(33-4)21(13-15)32-3)23(22(19)26)27-34(28,29)18-7-5-6-17(25)14-18/h5-14,27H,1-4H3. The Morgan fingerprint density at radius 3 is 2.00 bits per heavy atom. The van der Waals surface area contributed by atoms with E-state index in [9.17, 15) is 12.8 Å². The molecule has 0 aliphatic carbocycles. The van der Waals surface area contributed by atoms with E-state index in [1.54, 1.807) is 18.2 Å². The van der Waals surface area contributed by atoms with Crippen LogP contribution in [0.3, 0.4) is 0 Å². The van der Waals surface area contributed by atoms with Crippen LogP contribution in [0.15, 0.2) is 53.4 Å². The van der Waals surface area contributed by atoms with Gasteiger partial charge in [0.2, 0.25) is 5.75 Å². The van der Waals surface area contributed by atoms with Crippen LogP contribution in [0.25, 0.3) is 12.2 Å². The lowest BCUT2D eigenvalue weighted by atomic mass is 10.1. The molecule has 34 heavy (non-hydrogen) atoms. The van der Waals surface area contributed by atoms with Crippen LogP contribution in [0.4, 0.5) is 14.5 Å². The Balaban J connectivity index is 2.07. The molecule has 0 saturated heterocycles. The lowest BCUT2D eigenvalue weighted by Gasteiger charge is -2.14. The molecule has 3 aromatic rings. The van der Waals surface area contributed by atoms with Gasteiger partial charge in [0.25, 0.3) is 10.0 Å². The molecule has 7 nitrogen and oxygen atoms in total. The van der Waals surface area contributed by atoms with E-state index in [4.69, 9.17) is 18.9 Å². The van der Waals surface area contributed by atoms with Crippen molar-refractivity contribution in [3.8, 4) is 23.0 Å². The van der Waals surface area contributed by atoms with Crippen LogP contribution in [-0.4, -0.2) is 36.9 Å². The molecule has 0 spiro atoms. The quantitative estimate of drug-likeness (QED) is 0.426. The monoisotopic (exact) mass is 491 g/mol. The van der Waals surface area contributed by atoms with Gasteiger partial charge in [-0.1, -0.05) is 18.2 Å². The van der Waals surface area contributed by atoms with Crippen LogP contribution < -0.4 is 23.7 Å². The normalized spacial score (nSPS) is 11.4. The number of nitrogens with one attached hydrogen (secondary N) is 1. The van der Waals surface area contributed by atoms with E-state index in [-0.39, 0.29) is 21.9 Å². The molecule has 0 aliphatic heterocycles. The van der Waals surface area contributed by atoms with Gasteiger partial charge in [0.15, 0.2) is 23.1 Å². The largest absolute Gasteiger partial charge is 0.494 e. The third kappa shape index (κ3) is 5.23. The molecule has 180 valence electrons. The van der Waals surface area contributed by atoms with Crippen molar-refractivity contribution < 1.29 is 36.1 Å². The van der Waals surface area contributed by atoms with Crippen molar-refractivity contribution in [2.75, 3.05) is 33.2 Å². The molecule has 0 amide bonds. The van der Waals surface area contributed by atoms with Crippen molar-refractivity contribution in [1.82, 2.24) is 0 Å². The maximum Gasteiger partial charge on any atom is 0.262 e. The first-order valence-corrected chi connectivity index (χ1v) is 11.3. The van der Waals surface area contributed by atoms with Gasteiger partial charge in [-0.3, -0.25) is 4.72 Å². The highest BCUT2D eigenvalue weighted by Gasteiger charge is 2.21. The molecule has 0 unspecified atom stereocenters. The topological polar surface area (TPSA) is 83.1 Å². The predicted octanol–water partition coefficient (Wildman–Crippen LogP) is 4.97. The number of benzene rings is 3. The fourth-order valence-electron chi connectivity index (χ4n) is 3.18. The first-order valence-electron chi connectivity index (χ1n) is 9.87. The lowest BCUT2D eigenvalue weighted by Crippen LogP contribution is -2.15. The summed E-state index contributed by atoms with van der Waals surface area (Å²) < 4.78 is 77.5. The second-order valence-corrected chi connectivity index (χ2v) is 8.58. The van der Waals surface area contributed by atoms with E-state index in [0.29, 0.717) is 22.8 Å². The number of rotatable bonds is 9. The second-order valence-electron chi connectivity index (χ2n) is 6.90. The Morgan fingerprint density at radius 1 is 0.794 bits per heavy atom. The molecule has 0 heterocycles. The van der Waals surface area contributed by atoms with Crippen molar-refractivity contribution in [3.05, 3.63) is 71.3 Å². The molecule has 1 N–H and O–H groups in total. The van der Waals surface area contributed by atoms with E-state index in [1.807, 2.05) is 0 Å². The van der Waals surface area contributed by atoms with Gasteiger partial charge in [0.1, 0.15) is 5.82 Å². The molecular weight excluding hydrogens is 468 g/mol. The molecule has 0 aromatic heterocycles. The van der Waals surface area contributed by atoms with E-state index < -0.39 is 21.7 Å². The maximum absolute atomic E-state index is 15.1. The molecule has 0 bridgehead atoms. The summed E-state index contributed by atoms with van der Waals surface area (Å²) >= 11 is 0. The number of hydrogen-bond donors (Lipinski definition) is 1. The number of hydrogen-bond acceptors (Lipinski definition) is 6. The van der Waals surface area contributed by atoms with Crippen molar-refractivity contribution >= 4 is 27.9 Å². The van der Waals surface area contributed by atoms with Crippen LogP contribution in [0.2, 0.25) is 0 Å². The van der Waals surface area contributed by atoms with Crippen molar-refractivity contribution in [3.63, 3.8) is 0 Å². The third-order valence-electron chi connectivity index (χ3n) is 4.84. The fraction of sp³-hybridized carbons (Fsp3) is 0.167. The van der Waals surface area contributed by atoms with Gasteiger partial charge in [0.05, 0.1) is 39.0 Å². The minimum absolute atomic E-state index is 0.165. The molecule has 10 heteroatoms. The van der Waals surface area contributed by atoms with Gasteiger partial charge in [0, 0.05) is 5.56 Å². The fourth-order valence-corrected chi connectivity index (χ4v) is 4.30. The van der Waals surface area contributed by atoms with Gasteiger partial charge in [-0.15, -0.1) is 0 Å². The molecule has 0 saturated carbocycles. The Hall–Kier alpha value is -3.79. The summed E-state index contributed by atoms with van der Waals surface area (Å²) in [4.78, 5) is -0.353. The van der Waals surface area contributed by atoms with Gasteiger partial charge < -0.3 is 18.9 Å². The zero-order valence-corrected chi connectivity index (χ0v) is 19.7. The molecule has 0 fully saturated rings. The summed E-state index contributed by atoms with van der Waals surface area (Å²) in [5, 5.41) is 0. The maximum atomic E-state index is 15.1. The van der Waals surface area contributed by atoms with Crippen molar-refractivity contribution in [2.45, 2.75) is 4.90 Å². The Morgan fingerprint density at radius 2 is 1.44 bits per heavy atom. The minimum atomic E-state index is -4.30. The molecule has 0 aliphatic rings. The van der Waals surface area contributed by atoms with E-state index in [0.717, 1.165) is 12.1 Å². The van der Waals surface area contributed by atoms with Crippen LogP contribution in [-0.2, 0) is 10.0 Å². The lowest BCUT2D eigenvalue weighted by molar-refractivity contribution is 0.324. The molecule has 0 radical (unpaired) electrons. The van der Waals surface area contributed by atoms with Crippen LogP contribution in [0.1, 0.15) is 11.1 Å². The summed E-state index contributed by atoms with van der Waals surface area (Å²) in [6.45, 7) is 0. The van der Waals surface area contributed by atoms with Crippen LogP contribution in [0.5, 0.6) is 23.0 Å². The molecule has 0 atom stereocenters. The smallest absolute Gasteiger partial charge is 0.262 e. The van der Waals surface area contributed by atoms with Crippen molar-refractivity contribution in [1.29, 1.82) is 0 Å². The highest BCUT2D eigenvalue weighted by Crippen LogP contribution is 2.39. The predicted molar refractivity (Wildman–Crippen MR) is 125 cm³/mol. The summed E-state index contributed by atoms with van der Waals surface area (Å²) in [7, 11) is 1.39. The van der Waals surface area contributed by atoms with E-state index in [2.05, 4.69) is 4.72 Å². The zero-order valence-electron chi connectivity index (χ0n) is 18.9. The zero-order chi connectivity index (χ0) is 24.9. The minimum Gasteiger partial charge on any atom is -0.494 e. The first-order chi connectivity index (χ1) is 16.2. The highest BCUT2D eigenvalue weighted by molar-refractivity contribution is 7.92. The number of halogens is 2. The van der Waals surface area contributed by atoms with Crippen LogP contribution >= 0.6 is 0 Å². The number of anilines is 1. The number of sulfonamides is 1. The summed E-state index contributed by atoms with van der Waals surface area (Å²) in [5.41, 5.74) is 0.462. The first kappa shape index (κ1) is 24.8. The Labute approximate surface area is 196 Å². The highest BCUT2D eigenvalue weighted by atomic mass is 32.2. The summed E-state index contributed by atoms with van der Waals surface area (Å²) in [6, 6.07) is 10.6. The van der Waals surface area contributed by atoms with Gasteiger partial charge in [-0.05, 0) is 48.0 Å². The average Bonchev–Trinajstić information content (AvgIpc) is 2.83.